The minimum Gasteiger partial charge on any atom is -0.475 e. The third-order valence-corrected chi connectivity index (χ3v) is 4.33. The molecule has 0 aliphatic heterocycles. The van der Waals surface area contributed by atoms with Crippen molar-refractivity contribution in [3.63, 3.8) is 0 Å². The topological polar surface area (TPSA) is 84.2 Å². The van der Waals surface area contributed by atoms with E-state index in [9.17, 15) is 22.4 Å². The second-order valence-electron chi connectivity index (χ2n) is 6.14. The summed E-state index contributed by atoms with van der Waals surface area (Å²) in [5.74, 6) is -3.50. The molecule has 0 radical (unpaired) electrons. The van der Waals surface area contributed by atoms with Gasteiger partial charge in [-0.1, -0.05) is 17.7 Å². The van der Waals surface area contributed by atoms with Gasteiger partial charge in [-0.05, 0) is 42.5 Å². The number of fused-ring (bicyclic) bond motifs is 3. The van der Waals surface area contributed by atoms with E-state index in [1.54, 1.807) is 29.2 Å². The Balaban J connectivity index is 0.000000339. The van der Waals surface area contributed by atoms with Crippen LogP contribution in [0.1, 0.15) is 10.4 Å². The first-order valence-electron chi connectivity index (χ1n) is 8.48. The standard InChI is InChI=1S/C18H11ClFN3O.C2HF3O2/c19-12-3-6-14-15-7-8-21-10-17(15)23(16(14)9-12)22-18(24)11-1-4-13(20)5-2-11;3-2(4,5)1(6)7/h1-10H,(H,22,24);(H,6,7). The van der Waals surface area contributed by atoms with E-state index in [2.05, 4.69) is 10.4 Å². The number of carboxylic acid groups (broad SMARTS) is 1. The lowest BCUT2D eigenvalue weighted by atomic mass is 10.2. The number of nitrogens with zero attached hydrogens (tertiary/aromatic N) is 2. The quantitative estimate of drug-likeness (QED) is 0.418. The predicted molar refractivity (Wildman–Crippen MR) is 106 cm³/mol. The molecule has 11 heteroatoms. The maximum absolute atomic E-state index is 13.0. The summed E-state index contributed by atoms with van der Waals surface area (Å²) in [4.78, 5) is 25.5. The zero-order valence-electron chi connectivity index (χ0n) is 15.3. The summed E-state index contributed by atoms with van der Waals surface area (Å²) in [6.07, 6.45) is -1.71. The number of aromatic nitrogens is 2. The fourth-order valence-corrected chi connectivity index (χ4v) is 2.89. The van der Waals surface area contributed by atoms with Gasteiger partial charge < -0.3 is 5.11 Å². The number of rotatable bonds is 2. The number of alkyl halides is 3. The maximum atomic E-state index is 13.0. The first kappa shape index (κ1) is 22.0. The van der Waals surface area contributed by atoms with Crippen molar-refractivity contribution in [2.75, 3.05) is 5.43 Å². The largest absolute Gasteiger partial charge is 0.490 e. The molecule has 0 unspecified atom stereocenters. The molecule has 0 bridgehead atoms. The van der Waals surface area contributed by atoms with Crippen molar-refractivity contribution in [3.8, 4) is 0 Å². The highest BCUT2D eigenvalue weighted by atomic mass is 35.5. The average molecular weight is 454 g/mol. The SMILES string of the molecule is O=C(Nn1c2cnccc2c2ccc(Cl)cc21)c1ccc(F)cc1.O=C(O)C(F)(F)F. The van der Waals surface area contributed by atoms with Gasteiger partial charge in [0.1, 0.15) is 5.82 Å². The maximum Gasteiger partial charge on any atom is 0.490 e. The van der Waals surface area contributed by atoms with Crippen LogP contribution in [-0.4, -0.2) is 32.8 Å². The highest BCUT2D eigenvalue weighted by Crippen LogP contribution is 2.29. The van der Waals surface area contributed by atoms with Crippen LogP contribution in [0.4, 0.5) is 17.6 Å². The molecule has 2 aromatic carbocycles. The van der Waals surface area contributed by atoms with Gasteiger partial charge in [-0.2, -0.15) is 13.2 Å². The van der Waals surface area contributed by atoms with Gasteiger partial charge in [0.05, 0.1) is 17.2 Å². The molecule has 0 atom stereocenters. The van der Waals surface area contributed by atoms with Crippen LogP contribution < -0.4 is 5.43 Å². The molecule has 0 aliphatic rings. The van der Waals surface area contributed by atoms with Crippen molar-refractivity contribution in [1.29, 1.82) is 0 Å². The number of carbonyl (C=O) groups excluding carboxylic acids is 1. The molecular formula is C20H12ClF4N3O3. The van der Waals surface area contributed by atoms with Gasteiger partial charge in [0.15, 0.2) is 0 Å². The number of hydrogen-bond acceptors (Lipinski definition) is 3. The van der Waals surface area contributed by atoms with E-state index in [4.69, 9.17) is 21.5 Å². The average Bonchev–Trinajstić information content (AvgIpc) is 3.01. The second-order valence-corrected chi connectivity index (χ2v) is 6.58. The van der Waals surface area contributed by atoms with E-state index in [1.807, 2.05) is 12.1 Å². The van der Waals surface area contributed by atoms with Crippen LogP contribution in [0.25, 0.3) is 21.8 Å². The summed E-state index contributed by atoms with van der Waals surface area (Å²) in [7, 11) is 0. The Morgan fingerprint density at radius 2 is 1.61 bits per heavy atom. The highest BCUT2D eigenvalue weighted by Gasteiger charge is 2.38. The Bertz CT molecular complexity index is 1270. The summed E-state index contributed by atoms with van der Waals surface area (Å²) in [6.45, 7) is 0. The first-order chi connectivity index (χ1) is 14.6. The third kappa shape index (κ3) is 4.92. The van der Waals surface area contributed by atoms with E-state index in [0.29, 0.717) is 10.6 Å². The van der Waals surface area contributed by atoms with Crippen molar-refractivity contribution in [1.82, 2.24) is 9.66 Å². The molecule has 4 aromatic rings. The first-order valence-corrected chi connectivity index (χ1v) is 8.86. The number of benzene rings is 2. The minimum absolute atomic E-state index is 0.349. The smallest absolute Gasteiger partial charge is 0.475 e. The van der Waals surface area contributed by atoms with E-state index in [1.165, 1.54) is 24.3 Å². The molecule has 2 heterocycles. The van der Waals surface area contributed by atoms with Gasteiger partial charge in [0, 0.05) is 27.6 Å². The Morgan fingerprint density at radius 1 is 1.00 bits per heavy atom. The highest BCUT2D eigenvalue weighted by molar-refractivity contribution is 6.31. The van der Waals surface area contributed by atoms with Gasteiger partial charge in [-0.15, -0.1) is 0 Å². The molecular weight excluding hydrogens is 442 g/mol. The summed E-state index contributed by atoms with van der Waals surface area (Å²) < 4.78 is 46.4. The number of halogens is 5. The molecule has 0 aliphatic carbocycles. The van der Waals surface area contributed by atoms with Gasteiger partial charge in [-0.3, -0.25) is 19.9 Å². The molecule has 160 valence electrons. The van der Waals surface area contributed by atoms with E-state index >= 15 is 0 Å². The zero-order chi connectivity index (χ0) is 22.8. The van der Waals surface area contributed by atoms with E-state index in [-0.39, 0.29) is 11.7 Å². The fraction of sp³-hybridized carbons (Fsp3) is 0.0500. The number of carbonyl (C=O) groups is 2. The Kier molecular flexibility index (Phi) is 6.11. The lowest BCUT2D eigenvalue weighted by Crippen LogP contribution is -2.22. The van der Waals surface area contributed by atoms with Crippen LogP contribution in [-0.2, 0) is 4.79 Å². The Labute approximate surface area is 176 Å². The molecule has 4 rings (SSSR count). The van der Waals surface area contributed by atoms with Crippen LogP contribution in [0, 0.1) is 5.82 Å². The van der Waals surface area contributed by atoms with Gasteiger partial charge in [0.2, 0.25) is 0 Å². The molecule has 31 heavy (non-hydrogen) atoms. The monoisotopic (exact) mass is 453 g/mol. The van der Waals surface area contributed by atoms with Crippen LogP contribution in [0.5, 0.6) is 0 Å². The summed E-state index contributed by atoms with van der Waals surface area (Å²) in [5.41, 5.74) is 4.71. The van der Waals surface area contributed by atoms with Crippen molar-refractivity contribution in [2.45, 2.75) is 6.18 Å². The number of pyridine rings is 1. The van der Waals surface area contributed by atoms with Crippen molar-refractivity contribution in [3.05, 3.63) is 77.3 Å². The summed E-state index contributed by atoms with van der Waals surface area (Å²) in [5, 5.41) is 9.60. The lowest BCUT2D eigenvalue weighted by Gasteiger charge is -2.09. The van der Waals surface area contributed by atoms with Crippen molar-refractivity contribution >= 4 is 45.3 Å². The molecule has 2 aromatic heterocycles. The normalized spacial score (nSPS) is 11.1. The Hall–Kier alpha value is -3.66. The van der Waals surface area contributed by atoms with Crippen molar-refractivity contribution < 1.29 is 32.3 Å². The molecule has 0 saturated carbocycles. The van der Waals surface area contributed by atoms with Crippen LogP contribution in [0.15, 0.2) is 60.9 Å². The van der Waals surface area contributed by atoms with E-state index < -0.39 is 12.1 Å². The molecule has 2 N–H and O–H groups in total. The third-order valence-electron chi connectivity index (χ3n) is 4.09. The lowest BCUT2D eigenvalue weighted by molar-refractivity contribution is -0.192. The number of amides is 1. The second kappa shape index (κ2) is 8.60. The molecule has 0 spiro atoms. The zero-order valence-corrected chi connectivity index (χ0v) is 16.1. The molecule has 1 amide bonds. The van der Waals surface area contributed by atoms with Crippen molar-refractivity contribution in [2.24, 2.45) is 0 Å². The number of aliphatic carboxylic acids is 1. The van der Waals surface area contributed by atoms with Gasteiger partial charge in [0.25, 0.3) is 5.91 Å². The van der Waals surface area contributed by atoms with Gasteiger partial charge >= 0.3 is 12.1 Å². The fourth-order valence-electron chi connectivity index (χ4n) is 2.73. The van der Waals surface area contributed by atoms with E-state index in [0.717, 1.165) is 21.8 Å². The van der Waals surface area contributed by atoms with Gasteiger partial charge in [-0.25, -0.2) is 9.18 Å². The molecule has 0 fully saturated rings. The molecule has 0 saturated heterocycles. The molecule has 6 nitrogen and oxygen atoms in total. The number of hydrogen-bond donors (Lipinski definition) is 2. The summed E-state index contributed by atoms with van der Waals surface area (Å²) in [6, 6.07) is 12.7. The van der Waals surface area contributed by atoms with Crippen LogP contribution in [0.2, 0.25) is 5.02 Å². The Morgan fingerprint density at radius 3 is 2.23 bits per heavy atom. The van der Waals surface area contributed by atoms with Crippen LogP contribution >= 0.6 is 11.6 Å². The minimum atomic E-state index is -5.08. The number of nitrogens with one attached hydrogen (secondary N) is 1. The number of carboxylic acids is 1. The summed E-state index contributed by atoms with van der Waals surface area (Å²) >= 11 is 6.11. The predicted octanol–water partition coefficient (Wildman–Crippen LogP) is 5.00. The van der Waals surface area contributed by atoms with Crippen LogP contribution in [0.3, 0.4) is 0 Å².